The highest BCUT2D eigenvalue weighted by Crippen LogP contribution is 2.36. The Morgan fingerprint density at radius 3 is 3.06 bits per heavy atom. The van der Waals surface area contributed by atoms with E-state index in [-0.39, 0.29) is 11.4 Å². The van der Waals surface area contributed by atoms with Gasteiger partial charge in [0.1, 0.15) is 12.0 Å². The van der Waals surface area contributed by atoms with Gasteiger partial charge in [-0.1, -0.05) is 0 Å². The van der Waals surface area contributed by atoms with E-state index in [1.807, 2.05) is 0 Å². The third kappa shape index (κ3) is 0.944. The number of nitrogens with two attached hydrogens (primary N) is 1. The fraction of sp³-hybridized carbons (Fsp3) is 0.100. The lowest BCUT2D eigenvalue weighted by atomic mass is 9.88. The van der Waals surface area contributed by atoms with E-state index in [9.17, 15) is 9.90 Å². The number of rotatable bonds is 0. The predicted molar refractivity (Wildman–Crippen MR) is 54.2 cm³/mol. The zero-order chi connectivity index (χ0) is 11.3. The molecule has 0 saturated heterocycles. The number of hydrogen-bond donors (Lipinski definition) is 3. The van der Waals surface area contributed by atoms with Crippen LogP contribution < -0.4 is 5.73 Å². The summed E-state index contributed by atoms with van der Waals surface area (Å²) in [5, 5.41) is 9.97. The number of hydrogen-bond acceptors (Lipinski definition) is 5. The fourth-order valence-corrected chi connectivity index (χ4v) is 1.91. The van der Waals surface area contributed by atoms with Gasteiger partial charge in [0.2, 0.25) is 11.5 Å². The molecule has 0 radical (unpaired) electrons. The zero-order valence-electron chi connectivity index (χ0n) is 8.14. The van der Waals surface area contributed by atoms with Gasteiger partial charge < -0.3 is 10.1 Å². The lowest BCUT2D eigenvalue weighted by Crippen LogP contribution is -2.47. The van der Waals surface area contributed by atoms with Crippen LogP contribution in [0, 0.1) is 0 Å². The van der Waals surface area contributed by atoms with Gasteiger partial charge in [0, 0.05) is 23.5 Å². The standard InChI is InChI=1S/C10H8N4O2/c11-10(16)8-5(1-2-13-8)6-3-12-4-14-7(6)9(10)15/h1-4,13,16H,11H2. The molecule has 1 aliphatic rings. The van der Waals surface area contributed by atoms with Gasteiger partial charge >= 0.3 is 0 Å². The number of fused-ring (bicyclic) bond motifs is 3. The Morgan fingerprint density at radius 2 is 2.25 bits per heavy atom. The normalized spacial score (nSPS) is 22.8. The molecule has 3 rings (SSSR count). The molecule has 6 heteroatoms. The first-order chi connectivity index (χ1) is 7.62. The molecule has 80 valence electrons. The second-order valence-electron chi connectivity index (χ2n) is 3.65. The maximum Gasteiger partial charge on any atom is 0.234 e. The largest absolute Gasteiger partial charge is 0.364 e. The smallest absolute Gasteiger partial charge is 0.234 e. The Labute approximate surface area is 90.2 Å². The van der Waals surface area contributed by atoms with Crippen LogP contribution in [0.4, 0.5) is 0 Å². The second kappa shape index (κ2) is 2.75. The van der Waals surface area contributed by atoms with Crippen molar-refractivity contribution in [2.24, 2.45) is 5.73 Å². The van der Waals surface area contributed by atoms with Crippen molar-refractivity contribution >= 4 is 5.78 Å². The van der Waals surface area contributed by atoms with Gasteiger partial charge in [-0.3, -0.25) is 10.5 Å². The Morgan fingerprint density at radius 1 is 1.44 bits per heavy atom. The van der Waals surface area contributed by atoms with Crippen molar-refractivity contribution in [1.29, 1.82) is 0 Å². The minimum absolute atomic E-state index is 0.145. The quantitative estimate of drug-likeness (QED) is 0.527. The highest BCUT2D eigenvalue weighted by molar-refractivity contribution is 6.09. The third-order valence-electron chi connectivity index (χ3n) is 2.69. The van der Waals surface area contributed by atoms with Crippen LogP contribution in [0.25, 0.3) is 11.1 Å². The van der Waals surface area contributed by atoms with Gasteiger partial charge in [-0.05, 0) is 6.07 Å². The van der Waals surface area contributed by atoms with E-state index in [0.29, 0.717) is 11.1 Å². The average Bonchev–Trinajstić information content (AvgIpc) is 2.76. The van der Waals surface area contributed by atoms with Crippen molar-refractivity contribution in [2.45, 2.75) is 5.72 Å². The molecule has 0 spiro atoms. The molecule has 0 aromatic carbocycles. The molecular formula is C10H8N4O2. The first kappa shape index (κ1) is 9.20. The summed E-state index contributed by atoms with van der Waals surface area (Å²) in [7, 11) is 0. The number of carbonyl (C=O) groups is 1. The van der Waals surface area contributed by atoms with E-state index < -0.39 is 11.5 Å². The molecule has 1 aliphatic carbocycles. The minimum atomic E-state index is -2.04. The maximum atomic E-state index is 11.9. The van der Waals surface area contributed by atoms with E-state index in [4.69, 9.17) is 5.73 Å². The van der Waals surface area contributed by atoms with Crippen LogP contribution >= 0.6 is 0 Å². The Balaban J connectivity index is 2.40. The Bertz CT molecular complexity index is 588. The summed E-state index contributed by atoms with van der Waals surface area (Å²) >= 11 is 0. The second-order valence-corrected chi connectivity index (χ2v) is 3.65. The van der Waals surface area contributed by atoms with E-state index in [2.05, 4.69) is 15.0 Å². The number of carbonyl (C=O) groups excluding carboxylic acids is 1. The molecule has 2 aromatic heterocycles. The molecule has 1 unspecified atom stereocenters. The van der Waals surface area contributed by atoms with Crippen molar-refractivity contribution in [1.82, 2.24) is 15.0 Å². The first-order valence-electron chi connectivity index (χ1n) is 4.66. The predicted octanol–water partition coefficient (Wildman–Crippen LogP) is -0.228. The number of nitrogens with zero attached hydrogens (tertiary/aromatic N) is 2. The molecule has 16 heavy (non-hydrogen) atoms. The molecule has 0 bridgehead atoms. The number of aromatic nitrogens is 3. The van der Waals surface area contributed by atoms with Crippen molar-refractivity contribution in [3.8, 4) is 11.1 Å². The Hall–Kier alpha value is -2.05. The molecular weight excluding hydrogens is 208 g/mol. The van der Waals surface area contributed by atoms with Gasteiger partial charge in [-0.15, -0.1) is 0 Å². The highest BCUT2D eigenvalue weighted by atomic mass is 16.3. The molecule has 0 fully saturated rings. The summed E-state index contributed by atoms with van der Waals surface area (Å²) in [4.78, 5) is 22.4. The lowest BCUT2D eigenvalue weighted by Gasteiger charge is -2.26. The minimum Gasteiger partial charge on any atom is -0.364 e. The van der Waals surface area contributed by atoms with Gasteiger partial charge in [-0.2, -0.15) is 0 Å². The van der Waals surface area contributed by atoms with Gasteiger partial charge in [0.15, 0.2) is 0 Å². The summed E-state index contributed by atoms with van der Waals surface area (Å²) in [5.41, 5.74) is 5.22. The molecule has 6 nitrogen and oxygen atoms in total. The zero-order valence-corrected chi connectivity index (χ0v) is 8.14. The van der Waals surface area contributed by atoms with Crippen LogP contribution in [0.3, 0.4) is 0 Å². The van der Waals surface area contributed by atoms with Crippen LogP contribution in [0.15, 0.2) is 24.8 Å². The molecule has 0 amide bonds. The molecule has 0 aliphatic heterocycles. The van der Waals surface area contributed by atoms with Crippen molar-refractivity contribution in [3.05, 3.63) is 36.2 Å². The van der Waals surface area contributed by atoms with Crippen LogP contribution in [0.5, 0.6) is 0 Å². The van der Waals surface area contributed by atoms with E-state index >= 15 is 0 Å². The van der Waals surface area contributed by atoms with Crippen molar-refractivity contribution in [2.75, 3.05) is 0 Å². The van der Waals surface area contributed by atoms with Gasteiger partial charge in [0.05, 0.1) is 5.69 Å². The van der Waals surface area contributed by atoms with Crippen LogP contribution in [-0.2, 0) is 5.72 Å². The number of aliphatic hydroxyl groups is 1. The van der Waals surface area contributed by atoms with Crippen LogP contribution in [0.1, 0.15) is 16.2 Å². The van der Waals surface area contributed by atoms with Crippen LogP contribution in [0.2, 0.25) is 0 Å². The summed E-state index contributed by atoms with van der Waals surface area (Å²) in [6, 6.07) is 1.72. The summed E-state index contributed by atoms with van der Waals surface area (Å²) in [5.74, 6) is -0.625. The molecule has 4 N–H and O–H groups in total. The molecule has 1 atom stereocenters. The Kier molecular flexibility index (Phi) is 1.58. The highest BCUT2D eigenvalue weighted by Gasteiger charge is 2.43. The summed E-state index contributed by atoms with van der Waals surface area (Å²) < 4.78 is 0. The van der Waals surface area contributed by atoms with E-state index in [1.54, 1.807) is 12.3 Å². The fourth-order valence-electron chi connectivity index (χ4n) is 1.91. The number of aromatic amines is 1. The molecule has 0 saturated carbocycles. The number of H-pyrrole nitrogens is 1. The number of nitrogens with one attached hydrogen (secondary N) is 1. The van der Waals surface area contributed by atoms with E-state index in [0.717, 1.165) is 0 Å². The average molecular weight is 216 g/mol. The number of Topliss-reactive ketones (excluding diaryl/α,β-unsaturated/α-hetero) is 1. The molecule has 2 heterocycles. The van der Waals surface area contributed by atoms with Crippen molar-refractivity contribution < 1.29 is 9.90 Å². The van der Waals surface area contributed by atoms with Gasteiger partial charge in [0.25, 0.3) is 0 Å². The maximum absolute atomic E-state index is 11.9. The number of ketones is 1. The SMILES string of the molecule is NC1(O)C(=O)c2ncncc2-c2cc[nH]c21. The first-order valence-corrected chi connectivity index (χ1v) is 4.66. The van der Waals surface area contributed by atoms with Crippen molar-refractivity contribution in [3.63, 3.8) is 0 Å². The third-order valence-corrected chi connectivity index (χ3v) is 2.69. The topological polar surface area (TPSA) is 105 Å². The van der Waals surface area contributed by atoms with Crippen LogP contribution in [-0.4, -0.2) is 25.8 Å². The summed E-state index contributed by atoms with van der Waals surface area (Å²) in [6.45, 7) is 0. The summed E-state index contributed by atoms with van der Waals surface area (Å²) in [6.07, 6.45) is 4.39. The molecule has 2 aromatic rings. The monoisotopic (exact) mass is 216 g/mol. The van der Waals surface area contributed by atoms with Gasteiger partial charge in [-0.25, -0.2) is 9.97 Å². The van der Waals surface area contributed by atoms with E-state index in [1.165, 1.54) is 12.5 Å². The lowest BCUT2D eigenvalue weighted by molar-refractivity contribution is 0.0301.